The third-order valence-electron chi connectivity index (χ3n) is 5.29. The Morgan fingerprint density at radius 3 is 2.70 bits per heavy atom. The number of amides is 1. The normalized spacial score (nSPS) is 23.9. The molecule has 3 atom stereocenters. The van der Waals surface area contributed by atoms with Crippen LogP contribution in [0.1, 0.15) is 17.7 Å². The maximum atomic E-state index is 14.4. The number of hydrogen-bond donors (Lipinski definition) is 2. The number of carbonyl (C=O) groups excluding carboxylic acids is 1. The van der Waals surface area contributed by atoms with E-state index in [4.69, 9.17) is 0 Å². The Bertz CT molecular complexity index is 1150. The van der Waals surface area contributed by atoms with Gasteiger partial charge in [0.05, 0.1) is 17.1 Å². The summed E-state index contributed by atoms with van der Waals surface area (Å²) in [6.45, 7) is 0.528. The number of alkyl halides is 4. The SMILES string of the molecule is O=C1Nc2nccc(-c3nn([C@H]4CNC[C@@H]4F)c4ccccc34)c2[C@H](C(F)(F)F)O1. The highest BCUT2D eigenvalue weighted by Crippen LogP contribution is 2.46. The van der Waals surface area contributed by atoms with Gasteiger partial charge in [0.25, 0.3) is 0 Å². The Balaban J connectivity index is 1.75. The van der Waals surface area contributed by atoms with Crippen LogP contribution in [0.25, 0.3) is 22.2 Å². The molecule has 3 aromatic rings. The second-order valence-electron chi connectivity index (χ2n) is 7.12. The fourth-order valence-electron chi connectivity index (χ4n) is 3.98. The minimum absolute atomic E-state index is 0.110. The molecule has 0 radical (unpaired) electrons. The van der Waals surface area contributed by atoms with Crippen molar-refractivity contribution >= 4 is 22.8 Å². The number of hydrogen-bond acceptors (Lipinski definition) is 5. The quantitative estimate of drug-likeness (QED) is 0.616. The Hall–Kier alpha value is -3.21. The summed E-state index contributed by atoms with van der Waals surface area (Å²) >= 11 is 0. The number of fused-ring (bicyclic) bond motifs is 2. The summed E-state index contributed by atoms with van der Waals surface area (Å²) in [7, 11) is 0. The van der Waals surface area contributed by atoms with E-state index in [2.05, 4.69) is 25.5 Å². The van der Waals surface area contributed by atoms with Gasteiger partial charge in [-0.05, 0) is 12.1 Å². The highest BCUT2D eigenvalue weighted by Gasteiger charge is 2.49. The molecule has 11 heteroatoms. The number of rotatable bonds is 2. The average molecular weight is 421 g/mol. The van der Waals surface area contributed by atoms with Crippen molar-refractivity contribution in [3.05, 3.63) is 42.1 Å². The number of para-hydroxylation sites is 1. The van der Waals surface area contributed by atoms with Gasteiger partial charge in [-0.15, -0.1) is 0 Å². The second-order valence-corrected chi connectivity index (χ2v) is 7.12. The molecule has 0 bridgehead atoms. The first kappa shape index (κ1) is 18.8. The third kappa shape index (κ3) is 2.88. The van der Waals surface area contributed by atoms with Gasteiger partial charge in [-0.2, -0.15) is 18.3 Å². The number of benzene rings is 1. The Morgan fingerprint density at radius 2 is 1.97 bits per heavy atom. The lowest BCUT2D eigenvalue weighted by Gasteiger charge is -2.28. The van der Waals surface area contributed by atoms with Gasteiger partial charge in [-0.1, -0.05) is 18.2 Å². The molecular weight excluding hydrogens is 406 g/mol. The molecule has 2 aliphatic rings. The van der Waals surface area contributed by atoms with E-state index in [0.717, 1.165) is 0 Å². The zero-order chi connectivity index (χ0) is 21.0. The van der Waals surface area contributed by atoms with E-state index in [1.165, 1.54) is 16.9 Å². The first-order valence-electron chi connectivity index (χ1n) is 9.20. The maximum absolute atomic E-state index is 14.4. The number of nitrogens with one attached hydrogen (secondary N) is 2. The molecule has 2 aliphatic heterocycles. The van der Waals surface area contributed by atoms with Gasteiger partial charge >= 0.3 is 12.3 Å². The van der Waals surface area contributed by atoms with Crippen molar-refractivity contribution in [2.75, 3.05) is 18.4 Å². The predicted molar refractivity (Wildman–Crippen MR) is 98.7 cm³/mol. The van der Waals surface area contributed by atoms with Gasteiger partial charge in [0.1, 0.15) is 17.7 Å². The Labute approximate surface area is 167 Å². The highest BCUT2D eigenvalue weighted by atomic mass is 19.4. The van der Waals surface area contributed by atoms with Crippen LogP contribution >= 0.6 is 0 Å². The lowest BCUT2D eigenvalue weighted by atomic mass is 9.97. The molecular formula is C19H15F4N5O2. The van der Waals surface area contributed by atoms with E-state index in [1.807, 2.05) is 0 Å². The molecule has 1 fully saturated rings. The second kappa shape index (κ2) is 6.66. The molecule has 0 spiro atoms. The lowest BCUT2D eigenvalue weighted by molar-refractivity contribution is -0.206. The number of carbonyl (C=O) groups is 1. The molecule has 1 saturated heterocycles. The predicted octanol–water partition coefficient (Wildman–Crippen LogP) is 3.75. The van der Waals surface area contributed by atoms with Gasteiger partial charge < -0.3 is 10.1 Å². The van der Waals surface area contributed by atoms with Crippen molar-refractivity contribution in [1.29, 1.82) is 0 Å². The first-order chi connectivity index (χ1) is 14.3. The van der Waals surface area contributed by atoms with Crippen LogP contribution in [0.4, 0.5) is 28.2 Å². The summed E-state index contributed by atoms with van der Waals surface area (Å²) in [6, 6.07) is 7.73. The molecule has 5 rings (SSSR count). The van der Waals surface area contributed by atoms with Crippen LogP contribution in [-0.4, -0.2) is 46.3 Å². The number of anilines is 1. The van der Waals surface area contributed by atoms with Crippen molar-refractivity contribution in [3.8, 4) is 11.3 Å². The average Bonchev–Trinajstić information content (AvgIpc) is 3.29. The van der Waals surface area contributed by atoms with E-state index in [0.29, 0.717) is 17.4 Å². The van der Waals surface area contributed by atoms with Crippen LogP contribution in [0.2, 0.25) is 0 Å². The number of nitrogens with zero attached hydrogens (tertiary/aromatic N) is 3. The van der Waals surface area contributed by atoms with Gasteiger partial charge in [0, 0.05) is 30.2 Å². The minimum Gasteiger partial charge on any atom is -0.431 e. The molecule has 156 valence electrons. The van der Waals surface area contributed by atoms with Crippen LogP contribution in [0.15, 0.2) is 36.5 Å². The molecule has 7 nitrogen and oxygen atoms in total. The van der Waals surface area contributed by atoms with Crippen molar-refractivity contribution in [3.63, 3.8) is 0 Å². The summed E-state index contributed by atoms with van der Waals surface area (Å²) in [5.74, 6) is -0.240. The van der Waals surface area contributed by atoms with E-state index in [1.54, 1.807) is 24.3 Å². The molecule has 2 aromatic heterocycles. The fraction of sp³-hybridized carbons (Fsp3) is 0.316. The number of cyclic esters (lactones) is 1. The molecule has 1 amide bonds. The zero-order valence-electron chi connectivity index (χ0n) is 15.3. The topological polar surface area (TPSA) is 81.1 Å². The molecule has 4 heterocycles. The number of pyridine rings is 1. The maximum Gasteiger partial charge on any atom is 0.430 e. The van der Waals surface area contributed by atoms with Crippen LogP contribution < -0.4 is 10.6 Å². The molecule has 30 heavy (non-hydrogen) atoms. The van der Waals surface area contributed by atoms with Crippen LogP contribution in [-0.2, 0) is 4.74 Å². The minimum atomic E-state index is -4.85. The summed E-state index contributed by atoms with van der Waals surface area (Å²) in [6.07, 6.45) is -8.46. The zero-order valence-corrected chi connectivity index (χ0v) is 15.3. The summed E-state index contributed by atoms with van der Waals surface area (Å²) in [5, 5.41) is 10.2. The van der Waals surface area contributed by atoms with Gasteiger partial charge in [0.15, 0.2) is 0 Å². The number of aromatic nitrogens is 3. The van der Waals surface area contributed by atoms with Gasteiger partial charge in [0.2, 0.25) is 6.10 Å². The largest absolute Gasteiger partial charge is 0.431 e. The van der Waals surface area contributed by atoms with E-state index < -0.39 is 30.6 Å². The summed E-state index contributed by atoms with van der Waals surface area (Å²) < 4.78 is 61.5. The number of halogens is 4. The first-order valence-corrected chi connectivity index (χ1v) is 9.20. The van der Waals surface area contributed by atoms with Crippen molar-refractivity contribution < 1.29 is 27.1 Å². The Morgan fingerprint density at radius 1 is 1.17 bits per heavy atom. The standard InChI is InChI=1S/C19H15F4N5O2/c20-11-7-24-8-13(11)28-12-4-2-1-3-9(12)15(27-28)10-5-6-25-17-14(10)16(19(21,22)23)30-18(29)26-17/h1-6,11,13,16,24H,7-8H2,(H,25,26,29)/t11-,13-,16+/m0/s1. The Kier molecular flexibility index (Phi) is 4.17. The summed E-state index contributed by atoms with van der Waals surface area (Å²) in [4.78, 5) is 15.5. The van der Waals surface area contributed by atoms with E-state index >= 15 is 0 Å². The van der Waals surface area contributed by atoms with Gasteiger partial charge in [-0.3, -0.25) is 10.00 Å². The third-order valence-corrected chi connectivity index (χ3v) is 5.29. The number of ether oxygens (including phenoxy) is 1. The van der Waals surface area contributed by atoms with Crippen LogP contribution in [0, 0.1) is 0 Å². The summed E-state index contributed by atoms with van der Waals surface area (Å²) in [5.41, 5.74) is 0.607. The van der Waals surface area contributed by atoms with Crippen molar-refractivity contribution in [2.45, 2.75) is 24.5 Å². The molecule has 2 N–H and O–H groups in total. The molecule has 0 aliphatic carbocycles. The van der Waals surface area contributed by atoms with Crippen molar-refractivity contribution in [1.82, 2.24) is 20.1 Å². The fourth-order valence-corrected chi connectivity index (χ4v) is 3.98. The molecule has 0 unspecified atom stereocenters. The molecule has 0 saturated carbocycles. The highest BCUT2D eigenvalue weighted by molar-refractivity contribution is 5.97. The van der Waals surface area contributed by atoms with Crippen molar-refractivity contribution in [2.24, 2.45) is 0 Å². The van der Waals surface area contributed by atoms with Crippen LogP contribution in [0.5, 0.6) is 0 Å². The van der Waals surface area contributed by atoms with E-state index in [9.17, 15) is 22.4 Å². The monoisotopic (exact) mass is 421 g/mol. The molecule has 1 aromatic carbocycles. The van der Waals surface area contributed by atoms with E-state index in [-0.39, 0.29) is 29.2 Å². The van der Waals surface area contributed by atoms with Crippen LogP contribution in [0.3, 0.4) is 0 Å². The lowest BCUT2D eigenvalue weighted by Crippen LogP contribution is -2.34. The smallest absolute Gasteiger partial charge is 0.430 e. The van der Waals surface area contributed by atoms with Gasteiger partial charge in [-0.25, -0.2) is 14.2 Å².